The largest absolute Gasteiger partial charge is 0.382 e. The highest BCUT2D eigenvalue weighted by Gasteiger charge is 2.66. The highest BCUT2D eigenvalue weighted by molar-refractivity contribution is 14.1. The zero-order valence-corrected chi connectivity index (χ0v) is 28.4. The quantitative estimate of drug-likeness (QED) is 0.199. The first-order valence-electron chi connectivity index (χ1n) is 14.3. The summed E-state index contributed by atoms with van der Waals surface area (Å²) in [6, 6.07) is 23.4. The SMILES string of the molecule is C[C@@H]1[C@@H](C(C)(C)F)[C@H](CCn2cc([C@H](O)c3ccccc3)nn2)O[C@@]12C(=O)N(Cc1ccc(I)cc1)c1ccc(I)cc12. The first-order valence-corrected chi connectivity index (χ1v) is 16.5. The van der Waals surface area contributed by atoms with Gasteiger partial charge in [0.2, 0.25) is 0 Å². The van der Waals surface area contributed by atoms with Crippen molar-refractivity contribution < 1.29 is 19.0 Å². The minimum atomic E-state index is -1.60. The van der Waals surface area contributed by atoms with Crippen molar-refractivity contribution in [1.29, 1.82) is 0 Å². The van der Waals surface area contributed by atoms with Gasteiger partial charge in [-0.1, -0.05) is 54.6 Å². The molecule has 0 saturated carbocycles. The molecule has 10 heteroatoms. The van der Waals surface area contributed by atoms with E-state index in [-0.39, 0.29) is 5.91 Å². The predicted molar refractivity (Wildman–Crippen MR) is 179 cm³/mol. The van der Waals surface area contributed by atoms with E-state index >= 15 is 4.39 Å². The van der Waals surface area contributed by atoms with Gasteiger partial charge in [-0.05, 0) is 107 Å². The lowest BCUT2D eigenvalue weighted by Gasteiger charge is -2.32. The van der Waals surface area contributed by atoms with Gasteiger partial charge in [-0.25, -0.2) is 4.39 Å². The summed E-state index contributed by atoms with van der Waals surface area (Å²) in [5.74, 6) is -1.12. The minimum Gasteiger partial charge on any atom is -0.382 e. The highest BCUT2D eigenvalue weighted by Crippen LogP contribution is 2.58. The Morgan fingerprint density at radius 3 is 2.47 bits per heavy atom. The third-order valence-electron chi connectivity index (χ3n) is 8.77. The molecule has 224 valence electrons. The van der Waals surface area contributed by atoms with Crippen molar-refractivity contribution in [3.63, 3.8) is 0 Å². The van der Waals surface area contributed by atoms with Gasteiger partial charge in [0.1, 0.15) is 17.5 Å². The van der Waals surface area contributed by atoms with Crippen LogP contribution in [-0.2, 0) is 28.2 Å². The molecule has 1 N–H and O–H groups in total. The third kappa shape index (κ3) is 5.64. The molecule has 3 heterocycles. The summed E-state index contributed by atoms with van der Waals surface area (Å²) in [7, 11) is 0. The van der Waals surface area contributed by atoms with E-state index in [1.165, 1.54) is 0 Å². The van der Waals surface area contributed by atoms with Gasteiger partial charge < -0.3 is 14.7 Å². The zero-order chi connectivity index (χ0) is 30.5. The summed E-state index contributed by atoms with van der Waals surface area (Å²) in [5.41, 5.74) is 0.889. The molecule has 1 fully saturated rings. The van der Waals surface area contributed by atoms with E-state index in [4.69, 9.17) is 4.74 Å². The van der Waals surface area contributed by atoms with Crippen molar-refractivity contribution in [2.75, 3.05) is 4.90 Å². The number of carbonyl (C=O) groups excluding carboxylic acids is 1. The number of aryl methyl sites for hydroxylation is 1. The molecule has 2 aliphatic rings. The Hall–Kier alpha value is -2.42. The van der Waals surface area contributed by atoms with Crippen LogP contribution in [-0.4, -0.2) is 37.8 Å². The molecule has 0 unspecified atom stereocenters. The molecule has 5 atom stereocenters. The monoisotopic (exact) mass is 806 g/mol. The topological polar surface area (TPSA) is 80.5 Å². The number of benzene rings is 3. The lowest BCUT2D eigenvalue weighted by molar-refractivity contribution is -0.146. The molecule has 3 aromatic carbocycles. The molecule has 0 aliphatic carbocycles. The molecule has 1 spiro atoms. The lowest BCUT2D eigenvalue weighted by Crippen LogP contribution is -2.45. The number of ether oxygens (including phenoxy) is 1. The van der Waals surface area contributed by atoms with Crippen LogP contribution in [0.2, 0.25) is 0 Å². The minimum absolute atomic E-state index is 0.152. The molecule has 43 heavy (non-hydrogen) atoms. The zero-order valence-electron chi connectivity index (χ0n) is 24.1. The van der Waals surface area contributed by atoms with Crippen molar-refractivity contribution in [2.45, 2.75) is 63.8 Å². The standard InChI is InChI=1S/C33H33FI2N4O3/c1-20-29(32(2,3)34)28(15-16-39-19-26(37-38-39)30(41)22-7-5-4-6-8-22)43-33(20)25-17-24(36)13-14-27(25)40(31(33)42)18-21-9-11-23(35)12-10-21/h4-14,17,19-20,28-30,41H,15-16,18H2,1-3H3/t20-,28+,29-,30-,33+/m1/s1. The molecule has 0 bridgehead atoms. The molecule has 6 rings (SSSR count). The molecule has 0 radical (unpaired) electrons. The molecule has 1 aromatic heterocycles. The maximum absolute atomic E-state index is 16.0. The van der Waals surface area contributed by atoms with E-state index in [2.05, 4.69) is 55.5 Å². The van der Waals surface area contributed by atoms with Gasteiger partial charge in [0, 0.05) is 31.1 Å². The van der Waals surface area contributed by atoms with Crippen LogP contribution in [0.5, 0.6) is 0 Å². The fourth-order valence-corrected chi connectivity index (χ4v) is 7.68. The number of hydrogen-bond donors (Lipinski definition) is 1. The number of hydrogen-bond acceptors (Lipinski definition) is 5. The Balaban J connectivity index is 1.29. The Morgan fingerprint density at radius 2 is 1.77 bits per heavy atom. The second-order valence-corrected chi connectivity index (χ2v) is 14.4. The summed E-state index contributed by atoms with van der Waals surface area (Å²) in [4.78, 5) is 16.3. The Labute approximate surface area is 278 Å². The van der Waals surface area contributed by atoms with Crippen LogP contribution in [0.1, 0.15) is 55.7 Å². The van der Waals surface area contributed by atoms with Crippen LogP contribution >= 0.6 is 45.2 Å². The molecule has 1 amide bonds. The van der Waals surface area contributed by atoms with Crippen LogP contribution in [0.4, 0.5) is 10.1 Å². The number of nitrogens with zero attached hydrogens (tertiary/aromatic N) is 4. The molecule has 2 aliphatic heterocycles. The van der Waals surface area contributed by atoms with Gasteiger partial charge in [-0.2, -0.15) is 0 Å². The summed E-state index contributed by atoms with van der Waals surface area (Å²) in [6.45, 7) is 5.90. The number of anilines is 1. The first-order chi connectivity index (χ1) is 20.5. The summed E-state index contributed by atoms with van der Waals surface area (Å²) >= 11 is 4.52. The molecular weight excluding hydrogens is 773 g/mol. The Kier molecular flexibility index (Phi) is 8.42. The molecule has 4 aromatic rings. The number of halogens is 3. The fraction of sp³-hybridized carbons (Fsp3) is 0.364. The average Bonchev–Trinajstić information content (AvgIpc) is 3.64. The van der Waals surface area contributed by atoms with E-state index in [1.54, 1.807) is 29.6 Å². The maximum Gasteiger partial charge on any atom is 0.264 e. The second kappa shape index (κ2) is 11.8. The third-order valence-corrected chi connectivity index (χ3v) is 10.2. The van der Waals surface area contributed by atoms with Gasteiger partial charge in [-0.3, -0.25) is 9.48 Å². The lowest BCUT2D eigenvalue weighted by atomic mass is 9.71. The Morgan fingerprint density at radius 1 is 1.07 bits per heavy atom. The molecule has 7 nitrogen and oxygen atoms in total. The second-order valence-electron chi connectivity index (χ2n) is 12.0. The Bertz CT molecular complexity index is 1630. The van der Waals surface area contributed by atoms with E-state index in [0.29, 0.717) is 25.2 Å². The van der Waals surface area contributed by atoms with Crippen LogP contribution in [0.25, 0.3) is 0 Å². The van der Waals surface area contributed by atoms with Gasteiger partial charge in [0.25, 0.3) is 5.91 Å². The number of fused-ring (bicyclic) bond motifs is 2. The van der Waals surface area contributed by atoms with Crippen LogP contribution in [0.15, 0.2) is 79.0 Å². The van der Waals surface area contributed by atoms with Crippen LogP contribution in [0.3, 0.4) is 0 Å². The van der Waals surface area contributed by atoms with Gasteiger partial charge >= 0.3 is 0 Å². The van der Waals surface area contributed by atoms with Crippen molar-refractivity contribution in [2.24, 2.45) is 11.8 Å². The van der Waals surface area contributed by atoms with Crippen molar-refractivity contribution in [3.8, 4) is 0 Å². The smallest absolute Gasteiger partial charge is 0.264 e. The normalized spacial score (nSPS) is 24.1. The number of amides is 1. The van der Waals surface area contributed by atoms with Gasteiger partial charge in [0.05, 0.1) is 24.5 Å². The number of aliphatic hydroxyl groups is 1. The van der Waals surface area contributed by atoms with Crippen LogP contribution in [0, 0.1) is 19.0 Å². The number of carbonyl (C=O) groups is 1. The van der Waals surface area contributed by atoms with Crippen molar-refractivity contribution in [1.82, 2.24) is 15.0 Å². The maximum atomic E-state index is 16.0. The van der Waals surface area contributed by atoms with Gasteiger partial charge in [-0.15, -0.1) is 5.10 Å². The summed E-state index contributed by atoms with van der Waals surface area (Å²) < 4.78 is 26.6. The number of aliphatic hydroxyl groups excluding tert-OH is 1. The van der Waals surface area contributed by atoms with Gasteiger partial charge in [0.15, 0.2) is 5.60 Å². The highest BCUT2D eigenvalue weighted by atomic mass is 127. The fourth-order valence-electron chi connectivity index (χ4n) is 6.83. The number of aromatic nitrogens is 3. The van der Waals surface area contributed by atoms with E-state index in [0.717, 1.165) is 29.5 Å². The predicted octanol–water partition coefficient (Wildman–Crippen LogP) is 6.80. The van der Waals surface area contributed by atoms with E-state index in [1.807, 2.05) is 79.7 Å². The number of rotatable bonds is 8. The average molecular weight is 806 g/mol. The summed E-state index contributed by atoms with van der Waals surface area (Å²) in [6.07, 6.45) is 0.697. The molecular formula is C33H33FI2N4O3. The summed E-state index contributed by atoms with van der Waals surface area (Å²) in [5, 5.41) is 19.2. The first kappa shape index (κ1) is 30.6. The van der Waals surface area contributed by atoms with Crippen molar-refractivity contribution in [3.05, 3.63) is 109 Å². The van der Waals surface area contributed by atoms with Crippen LogP contribution < -0.4 is 4.90 Å². The van der Waals surface area contributed by atoms with E-state index < -0.39 is 35.3 Å². The van der Waals surface area contributed by atoms with Crippen molar-refractivity contribution >= 4 is 56.8 Å². The van der Waals surface area contributed by atoms with E-state index in [9.17, 15) is 9.90 Å². The number of alkyl halides is 1. The molecule has 1 saturated heterocycles.